The first-order chi connectivity index (χ1) is 6.20. The molecule has 0 spiro atoms. The maximum atomic E-state index is 5.94. The van der Waals surface area contributed by atoms with Gasteiger partial charge in [0.15, 0.2) is 0 Å². The molecule has 1 aromatic carbocycles. The molecule has 1 aliphatic rings. The second-order valence-corrected chi connectivity index (χ2v) is 3.53. The van der Waals surface area contributed by atoms with E-state index in [1.165, 1.54) is 0 Å². The van der Waals surface area contributed by atoms with Crippen LogP contribution in [-0.4, -0.2) is 6.61 Å². The van der Waals surface area contributed by atoms with Gasteiger partial charge in [0, 0.05) is 23.7 Å². The molecule has 0 radical (unpaired) electrons. The van der Waals surface area contributed by atoms with Gasteiger partial charge in [-0.2, -0.15) is 0 Å². The Morgan fingerprint density at radius 3 is 2.79 bits per heavy atom. The fourth-order valence-electron chi connectivity index (χ4n) is 1.55. The van der Waals surface area contributed by atoms with Crippen molar-refractivity contribution in [3.05, 3.63) is 22.7 Å². The average molecular weight is 235 g/mol. The first kappa shape index (κ1) is 11.4. The molecule has 1 aliphatic heterocycles. The van der Waals surface area contributed by atoms with Gasteiger partial charge in [-0.1, -0.05) is 11.6 Å². The van der Waals surface area contributed by atoms with Gasteiger partial charge in [0.25, 0.3) is 0 Å². The van der Waals surface area contributed by atoms with E-state index in [1.807, 2.05) is 0 Å². The van der Waals surface area contributed by atoms with E-state index in [0.717, 1.165) is 12.0 Å². The van der Waals surface area contributed by atoms with Crippen molar-refractivity contribution in [3.8, 4) is 5.75 Å². The molecule has 0 unspecified atom stereocenters. The summed E-state index contributed by atoms with van der Waals surface area (Å²) in [5.74, 6) is 0.653. The number of nitrogens with two attached hydrogens (primary N) is 2. The topological polar surface area (TPSA) is 61.3 Å². The molecule has 1 atom stereocenters. The molecule has 0 amide bonds. The predicted molar refractivity (Wildman–Crippen MR) is 60.2 cm³/mol. The number of benzene rings is 1. The van der Waals surface area contributed by atoms with Gasteiger partial charge in [-0.25, -0.2) is 0 Å². The largest absolute Gasteiger partial charge is 0.492 e. The van der Waals surface area contributed by atoms with Gasteiger partial charge in [0.1, 0.15) is 5.75 Å². The van der Waals surface area contributed by atoms with Crippen LogP contribution in [0.2, 0.25) is 5.02 Å². The number of halogens is 2. The van der Waals surface area contributed by atoms with Crippen molar-refractivity contribution in [2.45, 2.75) is 12.5 Å². The molecular weight excluding hydrogens is 223 g/mol. The molecule has 0 saturated heterocycles. The maximum absolute atomic E-state index is 5.94. The van der Waals surface area contributed by atoms with Crippen LogP contribution in [0, 0.1) is 0 Å². The van der Waals surface area contributed by atoms with Crippen molar-refractivity contribution in [1.29, 1.82) is 0 Å². The Morgan fingerprint density at radius 2 is 2.14 bits per heavy atom. The van der Waals surface area contributed by atoms with Gasteiger partial charge in [0.2, 0.25) is 0 Å². The molecule has 2 rings (SSSR count). The standard InChI is InChI=1S/C9H11ClN2O.ClH/c10-5-1-2-6(11)8-7(12)3-4-13-9(5)8;/h1-2,7H,3-4,11-12H2;1H/t7-;/m1./s1. The second-order valence-electron chi connectivity index (χ2n) is 3.12. The maximum Gasteiger partial charge on any atom is 0.144 e. The van der Waals surface area contributed by atoms with Crippen LogP contribution < -0.4 is 16.2 Å². The molecule has 1 aromatic rings. The Kier molecular flexibility index (Phi) is 3.48. The summed E-state index contributed by atoms with van der Waals surface area (Å²) in [5, 5.41) is 0.583. The Morgan fingerprint density at radius 1 is 1.43 bits per heavy atom. The van der Waals surface area contributed by atoms with Gasteiger partial charge >= 0.3 is 0 Å². The normalized spacial score (nSPS) is 19.1. The Balaban J connectivity index is 0.000000980. The van der Waals surface area contributed by atoms with Crippen LogP contribution in [0.1, 0.15) is 18.0 Å². The van der Waals surface area contributed by atoms with Crippen LogP contribution in [0.5, 0.6) is 5.75 Å². The number of ether oxygens (including phenoxy) is 1. The van der Waals surface area contributed by atoms with Gasteiger partial charge in [-0.05, 0) is 12.1 Å². The zero-order valence-electron chi connectivity index (χ0n) is 7.50. The minimum atomic E-state index is -0.0533. The lowest BCUT2D eigenvalue weighted by atomic mass is 10.00. The van der Waals surface area contributed by atoms with Crippen LogP contribution in [0.25, 0.3) is 0 Å². The smallest absolute Gasteiger partial charge is 0.144 e. The van der Waals surface area contributed by atoms with Gasteiger partial charge in [-0.15, -0.1) is 12.4 Å². The van der Waals surface area contributed by atoms with Crippen LogP contribution in [0.4, 0.5) is 5.69 Å². The number of anilines is 1. The van der Waals surface area contributed by atoms with Crippen molar-refractivity contribution >= 4 is 29.7 Å². The van der Waals surface area contributed by atoms with Gasteiger partial charge in [0.05, 0.1) is 11.6 Å². The Hall–Kier alpha value is -0.640. The molecule has 0 bridgehead atoms. The average Bonchev–Trinajstić information content (AvgIpc) is 2.12. The lowest BCUT2D eigenvalue weighted by Gasteiger charge is -2.25. The lowest BCUT2D eigenvalue weighted by molar-refractivity contribution is 0.270. The molecule has 4 N–H and O–H groups in total. The molecule has 1 heterocycles. The van der Waals surface area contributed by atoms with E-state index < -0.39 is 0 Å². The Labute approximate surface area is 93.8 Å². The summed E-state index contributed by atoms with van der Waals surface area (Å²) < 4.78 is 5.41. The molecular formula is C9H12Cl2N2O. The highest BCUT2D eigenvalue weighted by Crippen LogP contribution is 2.39. The quantitative estimate of drug-likeness (QED) is 0.677. The van der Waals surface area contributed by atoms with Gasteiger partial charge in [-0.3, -0.25) is 0 Å². The highest BCUT2D eigenvalue weighted by atomic mass is 35.5. The predicted octanol–water partition coefficient (Wildman–Crippen LogP) is 2.13. The zero-order chi connectivity index (χ0) is 9.42. The van der Waals surface area contributed by atoms with E-state index in [2.05, 4.69) is 0 Å². The van der Waals surface area contributed by atoms with Gasteiger partial charge < -0.3 is 16.2 Å². The number of fused-ring (bicyclic) bond motifs is 1. The number of hydrogen-bond acceptors (Lipinski definition) is 3. The van der Waals surface area contributed by atoms with Crippen LogP contribution in [0.3, 0.4) is 0 Å². The summed E-state index contributed by atoms with van der Waals surface area (Å²) in [6.07, 6.45) is 0.789. The first-order valence-electron chi connectivity index (χ1n) is 4.16. The third-order valence-corrected chi connectivity index (χ3v) is 2.53. The summed E-state index contributed by atoms with van der Waals surface area (Å²) in [6, 6.07) is 3.44. The summed E-state index contributed by atoms with van der Waals surface area (Å²) in [7, 11) is 0. The van der Waals surface area contributed by atoms with Crippen LogP contribution in [0.15, 0.2) is 12.1 Å². The number of hydrogen-bond donors (Lipinski definition) is 2. The summed E-state index contributed by atoms with van der Waals surface area (Å²) in [4.78, 5) is 0. The second kappa shape index (κ2) is 4.26. The highest BCUT2D eigenvalue weighted by Gasteiger charge is 2.22. The third-order valence-electron chi connectivity index (χ3n) is 2.23. The summed E-state index contributed by atoms with van der Waals surface area (Å²) in [5.41, 5.74) is 13.2. The zero-order valence-corrected chi connectivity index (χ0v) is 9.07. The van der Waals surface area contributed by atoms with E-state index in [-0.39, 0.29) is 18.4 Å². The molecule has 0 fully saturated rings. The van der Waals surface area contributed by atoms with E-state index in [4.69, 9.17) is 27.8 Å². The fourth-order valence-corrected chi connectivity index (χ4v) is 1.77. The molecule has 0 aromatic heterocycles. The molecule has 14 heavy (non-hydrogen) atoms. The lowest BCUT2D eigenvalue weighted by Crippen LogP contribution is -2.22. The Bertz CT molecular complexity index is 344. The summed E-state index contributed by atoms with van der Waals surface area (Å²) >= 11 is 5.94. The molecule has 0 saturated carbocycles. The number of nitrogen functional groups attached to an aromatic ring is 1. The molecule has 78 valence electrons. The molecule has 5 heteroatoms. The van der Waals surface area contributed by atoms with E-state index >= 15 is 0 Å². The SMILES string of the molecule is Cl.Nc1ccc(Cl)c2c1[C@H](N)CCO2. The minimum absolute atomic E-state index is 0. The summed E-state index contributed by atoms with van der Waals surface area (Å²) in [6.45, 7) is 0.608. The van der Waals surface area contributed by atoms with E-state index in [1.54, 1.807) is 12.1 Å². The minimum Gasteiger partial charge on any atom is -0.492 e. The van der Waals surface area contributed by atoms with Crippen LogP contribution in [-0.2, 0) is 0 Å². The van der Waals surface area contributed by atoms with Crippen molar-refractivity contribution in [3.63, 3.8) is 0 Å². The fraction of sp³-hybridized carbons (Fsp3) is 0.333. The van der Waals surface area contributed by atoms with Crippen molar-refractivity contribution in [1.82, 2.24) is 0 Å². The van der Waals surface area contributed by atoms with Crippen molar-refractivity contribution < 1.29 is 4.74 Å². The van der Waals surface area contributed by atoms with E-state index in [9.17, 15) is 0 Å². The van der Waals surface area contributed by atoms with E-state index in [0.29, 0.717) is 23.1 Å². The molecule has 3 nitrogen and oxygen atoms in total. The highest BCUT2D eigenvalue weighted by molar-refractivity contribution is 6.32. The monoisotopic (exact) mass is 234 g/mol. The van der Waals surface area contributed by atoms with Crippen molar-refractivity contribution in [2.24, 2.45) is 5.73 Å². The van der Waals surface area contributed by atoms with Crippen molar-refractivity contribution in [2.75, 3.05) is 12.3 Å². The third kappa shape index (κ3) is 1.75. The first-order valence-corrected chi connectivity index (χ1v) is 4.54. The number of rotatable bonds is 0. The molecule has 0 aliphatic carbocycles. The van der Waals surface area contributed by atoms with Crippen LogP contribution >= 0.6 is 24.0 Å².